The minimum Gasteiger partial charge on any atom is -0.480 e. The Balaban J connectivity index is 2.18. The number of aliphatic carboxylic acids is 1. The molecule has 0 aliphatic rings. The summed E-state index contributed by atoms with van der Waals surface area (Å²) in [5, 5.41) is 9.92. The molecule has 0 unspecified atom stereocenters. The van der Waals surface area contributed by atoms with Crippen molar-refractivity contribution in [2.45, 2.75) is 6.92 Å². The molecule has 0 atom stereocenters. The van der Waals surface area contributed by atoms with E-state index in [1.165, 1.54) is 0 Å². The fourth-order valence-corrected chi connectivity index (χ4v) is 3.19. The number of carboxylic acids is 1. The van der Waals surface area contributed by atoms with Gasteiger partial charge in [-0.2, -0.15) is 0 Å². The number of likely N-dealkylation sites (N-methyl/N-ethyl adjacent to an activating group) is 1. The van der Waals surface area contributed by atoms with Gasteiger partial charge in [-0.15, -0.1) is 11.3 Å². The predicted octanol–water partition coefficient (Wildman–Crippen LogP) is 3.19. The van der Waals surface area contributed by atoms with E-state index < -0.39 is 5.97 Å². The number of thiophene rings is 1. The van der Waals surface area contributed by atoms with Crippen LogP contribution in [-0.2, 0) is 4.79 Å². The van der Waals surface area contributed by atoms with E-state index in [4.69, 9.17) is 5.11 Å². The zero-order valence-electron chi connectivity index (χ0n) is 12.3. The maximum atomic E-state index is 11.0. The number of benzene rings is 1. The van der Waals surface area contributed by atoms with Crippen molar-refractivity contribution in [2.24, 2.45) is 0 Å². The van der Waals surface area contributed by atoms with Crippen LogP contribution in [0.1, 0.15) is 4.88 Å². The van der Waals surface area contributed by atoms with Gasteiger partial charge in [-0.05, 0) is 13.0 Å². The first-order chi connectivity index (χ1) is 10.5. The quantitative estimate of drug-likeness (QED) is 0.801. The van der Waals surface area contributed by atoms with Crippen molar-refractivity contribution >= 4 is 33.3 Å². The molecule has 0 spiro atoms. The van der Waals surface area contributed by atoms with Crippen molar-refractivity contribution in [3.8, 4) is 11.4 Å². The standard InChI is InChI=1S/C16H15N3O2S/c1-10-8-12-15(19(2)9-13(20)21)17-14(18-16(12)22-10)11-6-4-3-5-7-11/h3-8H,9H2,1-2H3,(H,20,21). The lowest BCUT2D eigenvalue weighted by Crippen LogP contribution is -2.26. The number of hydrogen-bond acceptors (Lipinski definition) is 5. The predicted molar refractivity (Wildman–Crippen MR) is 88.5 cm³/mol. The molecule has 2 aromatic heterocycles. The van der Waals surface area contributed by atoms with E-state index in [1.54, 1.807) is 23.3 Å². The molecule has 0 bridgehead atoms. The third-order valence-corrected chi connectivity index (χ3v) is 4.21. The highest BCUT2D eigenvalue weighted by Crippen LogP contribution is 2.32. The molecule has 0 aliphatic carbocycles. The molecule has 112 valence electrons. The van der Waals surface area contributed by atoms with Crippen molar-refractivity contribution < 1.29 is 9.90 Å². The Bertz CT molecular complexity index is 830. The van der Waals surface area contributed by atoms with Crippen molar-refractivity contribution in [3.05, 3.63) is 41.3 Å². The van der Waals surface area contributed by atoms with Crippen molar-refractivity contribution in [3.63, 3.8) is 0 Å². The van der Waals surface area contributed by atoms with Gasteiger partial charge in [-0.3, -0.25) is 4.79 Å². The van der Waals surface area contributed by atoms with Gasteiger partial charge in [-0.1, -0.05) is 30.3 Å². The summed E-state index contributed by atoms with van der Waals surface area (Å²) >= 11 is 1.59. The Morgan fingerprint density at radius 1 is 1.27 bits per heavy atom. The molecule has 2 heterocycles. The fraction of sp³-hybridized carbons (Fsp3) is 0.188. The molecule has 3 aromatic rings. The van der Waals surface area contributed by atoms with Gasteiger partial charge in [0.25, 0.3) is 0 Å². The second-order valence-electron chi connectivity index (χ2n) is 5.06. The van der Waals surface area contributed by atoms with Crippen LogP contribution in [0.4, 0.5) is 5.82 Å². The van der Waals surface area contributed by atoms with E-state index >= 15 is 0 Å². The van der Waals surface area contributed by atoms with E-state index in [1.807, 2.05) is 43.3 Å². The second kappa shape index (κ2) is 5.73. The van der Waals surface area contributed by atoms with Crippen molar-refractivity contribution in [1.29, 1.82) is 0 Å². The number of anilines is 1. The average molecular weight is 313 g/mol. The maximum Gasteiger partial charge on any atom is 0.323 e. The van der Waals surface area contributed by atoms with E-state index in [2.05, 4.69) is 9.97 Å². The number of hydrogen-bond donors (Lipinski definition) is 1. The van der Waals surface area contributed by atoms with Crippen molar-refractivity contribution in [1.82, 2.24) is 9.97 Å². The van der Waals surface area contributed by atoms with E-state index in [9.17, 15) is 4.79 Å². The molecule has 0 saturated carbocycles. The number of carboxylic acid groups (broad SMARTS) is 1. The van der Waals surface area contributed by atoms with Gasteiger partial charge in [0.1, 0.15) is 17.2 Å². The fourth-order valence-electron chi connectivity index (χ4n) is 2.31. The first kappa shape index (κ1) is 14.5. The largest absolute Gasteiger partial charge is 0.480 e. The third-order valence-electron chi connectivity index (χ3n) is 3.26. The summed E-state index contributed by atoms with van der Waals surface area (Å²) in [5.74, 6) is 0.375. The Labute approximate surface area is 131 Å². The second-order valence-corrected chi connectivity index (χ2v) is 6.30. The smallest absolute Gasteiger partial charge is 0.323 e. The molecule has 1 aromatic carbocycles. The lowest BCUT2D eigenvalue weighted by molar-refractivity contribution is -0.135. The molecular formula is C16H15N3O2S. The zero-order valence-corrected chi connectivity index (χ0v) is 13.1. The van der Waals surface area contributed by atoms with Crippen LogP contribution in [0, 0.1) is 6.92 Å². The molecular weight excluding hydrogens is 298 g/mol. The van der Waals surface area contributed by atoms with Gasteiger partial charge in [0.2, 0.25) is 0 Å². The van der Waals surface area contributed by atoms with Crippen molar-refractivity contribution in [2.75, 3.05) is 18.5 Å². The summed E-state index contributed by atoms with van der Waals surface area (Å²) in [6.07, 6.45) is 0. The minimum absolute atomic E-state index is 0.102. The lowest BCUT2D eigenvalue weighted by atomic mass is 10.2. The average Bonchev–Trinajstić information content (AvgIpc) is 2.86. The molecule has 0 saturated heterocycles. The normalized spacial score (nSPS) is 10.8. The SMILES string of the molecule is Cc1cc2c(N(C)CC(=O)O)nc(-c3ccccc3)nc2s1. The van der Waals surface area contributed by atoms with Gasteiger partial charge >= 0.3 is 5.97 Å². The Kier molecular flexibility index (Phi) is 3.77. The highest BCUT2D eigenvalue weighted by atomic mass is 32.1. The number of aryl methyl sites for hydroxylation is 1. The number of fused-ring (bicyclic) bond motifs is 1. The molecule has 1 N–H and O–H groups in total. The highest BCUT2D eigenvalue weighted by molar-refractivity contribution is 7.18. The topological polar surface area (TPSA) is 66.3 Å². The maximum absolute atomic E-state index is 11.0. The summed E-state index contributed by atoms with van der Waals surface area (Å²) in [6.45, 7) is 1.91. The highest BCUT2D eigenvalue weighted by Gasteiger charge is 2.16. The molecule has 0 amide bonds. The Hall–Kier alpha value is -2.47. The number of rotatable bonds is 4. The monoisotopic (exact) mass is 313 g/mol. The van der Waals surface area contributed by atoms with Crippen LogP contribution in [0.2, 0.25) is 0 Å². The van der Waals surface area contributed by atoms with Crippen LogP contribution in [0.15, 0.2) is 36.4 Å². The van der Waals surface area contributed by atoms with E-state index in [0.29, 0.717) is 11.6 Å². The first-order valence-corrected chi connectivity index (χ1v) is 7.63. The third kappa shape index (κ3) is 2.78. The van der Waals surface area contributed by atoms with E-state index in [-0.39, 0.29) is 6.54 Å². The van der Waals surface area contributed by atoms with Gasteiger partial charge in [0.15, 0.2) is 5.82 Å². The molecule has 3 rings (SSSR count). The Morgan fingerprint density at radius 2 is 2.00 bits per heavy atom. The van der Waals surface area contributed by atoms with E-state index in [0.717, 1.165) is 20.7 Å². The summed E-state index contributed by atoms with van der Waals surface area (Å²) in [7, 11) is 1.73. The summed E-state index contributed by atoms with van der Waals surface area (Å²) in [4.78, 5) is 23.9. The molecule has 0 fully saturated rings. The summed E-state index contributed by atoms with van der Waals surface area (Å²) in [6, 6.07) is 11.7. The van der Waals surface area contributed by atoms with Crippen LogP contribution in [-0.4, -0.2) is 34.6 Å². The molecule has 6 heteroatoms. The molecule has 0 radical (unpaired) electrons. The first-order valence-electron chi connectivity index (χ1n) is 6.81. The Morgan fingerprint density at radius 3 is 2.68 bits per heavy atom. The summed E-state index contributed by atoms with van der Waals surface area (Å²) < 4.78 is 0. The van der Waals surface area contributed by atoms with Crippen LogP contribution in [0.3, 0.4) is 0 Å². The minimum atomic E-state index is -0.887. The van der Waals surface area contributed by atoms with Gasteiger partial charge in [-0.25, -0.2) is 9.97 Å². The number of aromatic nitrogens is 2. The number of carbonyl (C=O) groups is 1. The summed E-state index contributed by atoms with van der Waals surface area (Å²) in [5.41, 5.74) is 0.917. The van der Waals surface area contributed by atoms with Gasteiger partial charge < -0.3 is 10.0 Å². The van der Waals surface area contributed by atoms with Gasteiger partial charge in [0.05, 0.1) is 5.39 Å². The molecule has 0 aliphatic heterocycles. The van der Waals surface area contributed by atoms with Gasteiger partial charge in [0, 0.05) is 17.5 Å². The zero-order chi connectivity index (χ0) is 15.7. The van der Waals surface area contributed by atoms with Crippen LogP contribution < -0.4 is 4.90 Å². The van der Waals surface area contributed by atoms with Crippen LogP contribution >= 0.6 is 11.3 Å². The van der Waals surface area contributed by atoms with Crippen LogP contribution in [0.25, 0.3) is 21.6 Å². The number of nitrogens with zero attached hydrogens (tertiary/aromatic N) is 3. The molecule has 5 nitrogen and oxygen atoms in total. The lowest BCUT2D eigenvalue weighted by Gasteiger charge is -2.17. The van der Waals surface area contributed by atoms with Crippen LogP contribution in [0.5, 0.6) is 0 Å². The molecule has 22 heavy (non-hydrogen) atoms.